The number of nitrogens with zero attached hydrogens (tertiary/aromatic N) is 6. The highest BCUT2D eigenvalue weighted by molar-refractivity contribution is 9.10. The van der Waals surface area contributed by atoms with Crippen molar-refractivity contribution in [2.75, 3.05) is 0 Å². The van der Waals surface area contributed by atoms with E-state index in [9.17, 15) is 14.9 Å². The van der Waals surface area contributed by atoms with E-state index >= 15 is 0 Å². The number of aromatic nitrogens is 4. The zero-order valence-electron chi connectivity index (χ0n) is 20.6. The third-order valence-corrected chi connectivity index (χ3v) is 6.49. The van der Waals surface area contributed by atoms with Crippen molar-refractivity contribution in [3.8, 4) is 17.3 Å². The minimum absolute atomic E-state index is 0.101. The second-order valence-corrected chi connectivity index (χ2v) is 9.47. The molecule has 3 heterocycles. The Bertz CT molecular complexity index is 1770. The summed E-state index contributed by atoms with van der Waals surface area (Å²) in [4.78, 5) is 31.8. The number of benzene rings is 2. The maximum absolute atomic E-state index is 13.0. The summed E-state index contributed by atoms with van der Waals surface area (Å²) < 4.78 is 9.89. The molecule has 0 bridgehead atoms. The molecule has 190 valence electrons. The lowest BCUT2D eigenvalue weighted by atomic mass is 10.2. The van der Waals surface area contributed by atoms with E-state index < -0.39 is 4.92 Å². The van der Waals surface area contributed by atoms with Crippen LogP contribution < -0.4 is 10.3 Å². The van der Waals surface area contributed by atoms with Crippen LogP contribution in [0.5, 0.6) is 11.6 Å². The largest absolute Gasteiger partial charge is 0.439 e. The summed E-state index contributed by atoms with van der Waals surface area (Å²) in [6.07, 6.45) is 2.82. The molecule has 0 spiro atoms. The third-order valence-electron chi connectivity index (χ3n) is 6.00. The fourth-order valence-electron chi connectivity index (χ4n) is 4.16. The first-order chi connectivity index (χ1) is 18.2. The Morgan fingerprint density at radius 2 is 1.82 bits per heavy atom. The van der Waals surface area contributed by atoms with Crippen molar-refractivity contribution >= 4 is 38.7 Å². The van der Waals surface area contributed by atoms with E-state index in [-0.39, 0.29) is 17.1 Å². The zero-order valence-corrected chi connectivity index (χ0v) is 22.2. The van der Waals surface area contributed by atoms with Gasteiger partial charge in [0.15, 0.2) is 0 Å². The van der Waals surface area contributed by atoms with Crippen LogP contribution in [0.2, 0.25) is 0 Å². The Labute approximate surface area is 225 Å². The van der Waals surface area contributed by atoms with Crippen LogP contribution in [0.4, 0.5) is 5.69 Å². The van der Waals surface area contributed by atoms with Crippen LogP contribution >= 0.6 is 15.9 Å². The molecule has 0 unspecified atom stereocenters. The standard InChI is InChI=1S/C27H21BrN6O4/c1-16-12-19(14-30-33-18(3)31-25-10-4-20(28)13-24(25)27(33)35)17(2)32(16)21-5-8-23(9-6-21)38-26-11-7-22(15-29-26)34(36)37/h4-15H,1-3H3. The highest BCUT2D eigenvalue weighted by Crippen LogP contribution is 2.25. The van der Waals surface area contributed by atoms with Crippen LogP contribution in [-0.4, -0.2) is 30.3 Å². The number of rotatable bonds is 6. The molecular formula is C27H21BrN6O4. The van der Waals surface area contributed by atoms with E-state index in [0.717, 1.165) is 33.3 Å². The molecule has 0 N–H and O–H groups in total. The number of hydrogen-bond acceptors (Lipinski definition) is 7. The van der Waals surface area contributed by atoms with Crippen molar-refractivity contribution in [2.24, 2.45) is 5.10 Å². The van der Waals surface area contributed by atoms with Gasteiger partial charge >= 0.3 is 0 Å². The van der Waals surface area contributed by atoms with Gasteiger partial charge in [-0.1, -0.05) is 15.9 Å². The molecule has 0 aliphatic rings. The molecule has 2 aromatic carbocycles. The summed E-state index contributed by atoms with van der Waals surface area (Å²) in [5.74, 6) is 1.30. The van der Waals surface area contributed by atoms with Gasteiger partial charge in [-0.25, -0.2) is 9.97 Å². The molecule has 38 heavy (non-hydrogen) atoms. The molecule has 0 fully saturated rings. The lowest BCUT2D eigenvalue weighted by Gasteiger charge is -2.11. The number of aryl methyl sites for hydroxylation is 2. The van der Waals surface area contributed by atoms with Gasteiger partial charge in [0.05, 0.1) is 22.0 Å². The highest BCUT2D eigenvalue weighted by atomic mass is 79.9. The van der Waals surface area contributed by atoms with Crippen molar-refractivity contribution in [2.45, 2.75) is 20.8 Å². The first-order valence-electron chi connectivity index (χ1n) is 11.5. The Hall–Kier alpha value is -4.64. The van der Waals surface area contributed by atoms with Gasteiger partial charge in [0, 0.05) is 39.2 Å². The zero-order chi connectivity index (χ0) is 27.0. The first kappa shape index (κ1) is 25.0. The summed E-state index contributed by atoms with van der Waals surface area (Å²) in [5, 5.41) is 15.7. The lowest BCUT2D eigenvalue weighted by molar-refractivity contribution is -0.385. The van der Waals surface area contributed by atoms with E-state index in [1.165, 1.54) is 16.8 Å². The second kappa shape index (κ2) is 10.0. The minimum Gasteiger partial charge on any atom is -0.439 e. The minimum atomic E-state index is -0.510. The smallest absolute Gasteiger partial charge is 0.287 e. The van der Waals surface area contributed by atoms with Crippen LogP contribution in [-0.2, 0) is 0 Å². The van der Waals surface area contributed by atoms with Crippen molar-refractivity contribution in [3.05, 3.63) is 115 Å². The van der Waals surface area contributed by atoms with Crippen LogP contribution in [0.25, 0.3) is 16.6 Å². The monoisotopic (exact) mass is 572 g/mol. The van der Waals surface area contributed by atoms with Crippen LogP contribution in [0.15, 0.2) is 81.2 Å². The normalized spacial score (nSPS) is 11.4. The molecule has 10 nitrogen and oxygen atoms in total. The van der Waals surface area contributed by atoms with Gasteiger partial charge in [0.1, 0.15) is 17.8 Å². The summed E-state index contributed by atoms with van der Waals surface area (Å²) in [6, 6.07) is 17.6. The molecule has 0 saturated heterocycles. The summed E-state index contributed by atoms with van der Waals surface area (Å²) in [7, 11) is 0. The van der Waals surface area contributed by atoms with Gasteiger partial charge in [0.2, 0.25) is 5.88 Å². The molecule has 11 heteroatoms. The predicted octanol–water partition coefficient (Wildman–Crippen LogP) is 5.85. The fourth-order valence-corrected chi connectivity index (χ4v) is 4.52. The summed E-state index contributed by atoms with van der Waals surface area (Å²) in [6.45, 7) is 5.71. The Morgan fingerprint density at radius 3 is 2.50 bits per heavy atom. The van der Waals surface area contributed by atoms with Gasteiger partial charge in [0.25, 0.3) is 11.2 Å². The summed E-state index contributed by atoms with van der Waals surface area (Å²) in [5.41, 5.74) is 3.98. The fraction of sp³-hybridized carbons (Fsp3) is 0.111. The van der Waals surface area contributed by atoms with E-state index in [0.29, 0.717) is 22.5 Å². The lowest BCUT2D eigenvalue weighted by Crippen LogP contribution is -2.20. The van der Waals surface area contributed by atoms with Crippen molar-refractivity contribution < 1.29 is 9.66 Å². The Kier molecular flexibility index (Phi) is 6.60. The van der Waals surface area contributed by atoms with Gasteiger partial charge in [-0.05, 0) is 69.3 Å². The van der Waals surface area contributed by atoms with Crippen LogP contribution in [0.1, 0.15) is 22.8 Å². The number of nitro groups is 1. The molecule has 0 atom stereocenters. The summed E-state index contributed by atoms with van der Waals surface area (Å²) >= 11 is 3.41. The van der Waals surface area contributed by atoms with Gasteiger partial charge in [-0.15, -0.1) is 0 Å². The number of halogens is 1. The maximum atomic E-state index is 13.0. The topological polar surface area (TPSA) is 117 Å². The molecule has 0 aliphatic carbocycles. The van der Waals surface area contributed by atoms with Crippen molar-refractivity contribution in [1.82, 2.24) is 19.2 Å². The molecule has 0 saturated carbocycles. The van der Waals surface area contributed by atoms with Gasteiger partial charge in [-0.2, -0.15) is 9.78 Å². The number of pyridine rings is 1. The number of hydrogen-bond donors (Lipinski definition) is 0. The maximum Gasteiger partial charge on any atom is 0.287 e. The number of ether oxygens (including phenoxy) is 1. The molecule has 0 amide bonds. The van der Waals surface area contributed by atoms with Crippen molar-refractivity contribution in [1.29, 1.82) is 0 Å². The Balaban J connectivity index is 1.40. The predicted molar refractivity (Wildman–Crippen MR) is 148 cm³/mol. The third kappa shape index (κ3) is 4.83. The molecular weight excluding hydrogens is 552 g/mol. The number of fused-ring (bicyclic) bond motifs is 1. The van der Waals surface area contributed by atoms with Crippen LogP contribution in [0, 0.1) is 30.9 Å². The molecule has 0 aliphatic heterocycles. The van der Waals surface area contributed by atoms with E-state index in [2.05, 4.69) is 35.6 Å². The van der Waals surface area contributed by atoms with Crippen LogP contribution in [0.3, 0.4) is 0 Å². The molecule has 3 aromatic heterocycles. The second-order valence-electron chi connectivity index (χ2n) is 8.55. The molecule has 0 radical (unpaired) electrons. The average molecular weight is 573 g/mol. The van der Waals surface area contributed by atoms with E-state index in [4.69, 9.17) is 4.74 Å². The van der Waals surface area contributed by atoms with Gasteiger partial charge in [-0.3, -0.25) is 14.9 Å². The Morgan fingerprint density at radius 1 is 1.05 bits per heavy atom. The van der Waals surface area contributed by atoms with Crippen molar-refractivity contribution in [3.63, 3.8) is 0 Å². The average Bonchev–Trinajstić information content (AvgIpc) is 3.18. The van der Waals surface area contributed by atoms with E-state index in [1.807, 2.05) is 38.1 Å². The molecule has 5 aromatic rings. The molecule has 5 rings (SSSR count). The first-order valence-corrected chi connectivity index (χ1v) is 12.3. The quantitative estimate of drug-likeness (QED) is 0.143. The van der Waals surface area contributed by atoms with Gasteiger partial charge < -0.3 is 9.30 Å². The van der Waals surface area contributed by atoms with E-state index in [1.54, 1.807) is 37.4 Å². The SMILES string of the molecule is Cc1cc(C=Nn2c(C)nc3ccc(Br)cc3c2=O)c(C)n1-c1ccc(Oc2ccc([N+](=O)[O-])cn2)cc1. The highest BCUT2D eigenvalue weighted by Gasteiger charge is 2.12.